The monoisotopic (exact) mass is 289 g/mol. The van der Waals surface area contributed by atoms with E-state index in [1.807, 2.05) is 26.0 Å². The second kappa shape index (κ2) is 6.52. The lowest BCUT2D eigenvalue weighted by Gasteiger charge is -2.12. The van der Waals surface area contributed by atoms with Crippen LogP contribution < -0.4 is 10.1 Å². The van der Waals surface area contributed by atoms with Gasteiger partial charge < -0.3 is 10.1 Å². The number of rotatable bonds is 5. The predicted octanol–water partition coefficient (Wildman–Crippen LogP) is 3.73. The molecule has 1 heterocycles. The highest BCUT2D eigenvalue weighted by atomic mass is 19.1. The van der Waals surface area contributed by atoms with Crippen LogP contribution in [0, 0.1) is 19.7 Å². The molecule has 0 aliphatic rings. The summed E-state index contributed by atoms with van der Waals surface area (Å²) in [5.41, 5.74) is 2.93. The van der Waals surface area contributed by atoms with Crippen LogP contribution in [0.2, 0.25) is 0 Å². The first-order valence-electron chi connectivity index (χ1n) is 6.98. The molecule has 4 nitrogen and oxygen atoms in total. The molecule has 0 radical (unpaired) electrons. The molecule has 2 aromatic rings. The minimum Gasteiger partial charge on any atom is -0.496 e. The van der Waals surface area contributed by atoms with Gasteiger partial charge >= 0.3 is 0 Å². The summed E-state index contributed by atoms with van der Waals surface area (Å²) < 4.78 is 19.4. The van der Waals surface area contributed by atoms with Gasteiger partial charge in [0, 0.05) is 12.1 Å². The third kappa shape index (κ3) is 3.29. The van der Waals surface area contributed by atoms with Crippen molar-refractivity contribution in [2.75, 3.05) is 19.0 Å². The summed E-state index contributed by atoms with van der Waals surface area (Å²) in [7, 11) is 1.62. The Morgan fingerprint density at radius 1 is 1.24 bits per heavy atom. The second-order valence-electron chi connectivity index (χ2n) is 4.95. The van der Waals surface area contributed by atoms with Crippen LogP contribution in [0.3, 0.4) is 0 Å². The van der Waals surface area contributed by atoms with E-state index in [0.29, 0.717) is 11.6 Å². The molecule has 0 atom stereocenters. The molecule has 2 rings (SSSR count). The minimum absolute atomic E-state index is 0.312. The molecule has 5 heteroatoms. The van der Waals surface area contributed by atoms with Gasteiger partial charge in [0.2, 0.25) is 5.95 Å². The van der Waals surface area contributed by atoms with Gasteiger partial charge in [0.25, 0.3) is 0 Å². The smallest absolute Gasteiger partial charge is 0.223 e. The van der Waals surface area contributed by atoms with Crippen molar-refractivity contribution in [1.29, 1.82) is 0 Å². The summed E-state index contributed by atoms with van der Waals surface area (Å²) >= 11 is 0. The first-order valence-corrected chi connectivity index (χ1v) is 6.98. The molecule has 112 valence electrons. The van der Waals surface area contributed by atoms with Gasteiger partial charge in [-0.15, -0.1) is 0 Å². The predicted molar refractivity (Wildman–Crippen MR) is 82.2 cm³/mol. The summed E-state index contributed by atoms with van der Waals surface area (Å²) in [5.74, 6) is 0.806. The first kappa shape index (κ1) is 15.2. The van der Waals surface area contributed by atoms with E-state index in [1.54, 1.807) is 7.11 Å². The highest BCUT2D eigenvalue weighted by Crippen LogP contribution is 2.30. The summed E-state index contributed by atoms with van der Waals surface area (Å²) in [6.45, 7) is 6.65. The topological polar surface area (TPSA) is 47.0 Å². The van der Waals surface area contributed by atoms with Crippen LogP contribution in [0.4, 0.5) is 10.3 Å². The molecule has 0 amide bonds. The van der Waals surface area contributed by atoms with Crippen molar-refractivity contribution in [2.24, 2.45) is 0 Å². The quantitative estimate of drug-likeness (QED) is 0.911. The van der Waals surface area contributed by atoms with Crippen molar-refractivity contribution in [1.82, 2.24) is 9.97 Å². The normalized spacial score (nSPS) is 10.5. The van der Waals surface area contributed by atoms with Crippen LogP contribution in [0.15, 0.2) is 18.3 Å². The number of benzene rings is 1. The van der Waals surface area contributed by atoms with Crippen molar-refractivity contribution < 1.29 is 9.13 Å². The van der Waals surface area contributed by atoms with E-state index in [1.165, 1.54) is 6.20 Å². The van der Waals surface area contributed by atoms with E-state index in [0.717, 1.165) is 35.4 Å². The highest BCUT2D eigenvalue weighted by molar-refractivity contribution is 5.67. The van der Waals surface area contributed by atoms with Crippen LogP contribution in [0.5, 0.6) is 5.75 Å². The maximum atomic E-state index is 14.1. The van der Waals surface area contributed by atoms with E-state index in [9.17, 15) is 4.39 Å². The van der Waals surface area contributed by atoms with Gasteiger partial charge in [-0.3, -0.25) is 0 Å². The molecule has 0 bridgehead atoms. The molecule has 21 heavy (non-hydrogen) atoms. The Balaban J connectivity index is 2.48. The van der Waals surface area contributed by atoms with Crippen molar-refractivity contribution in [3.63, 3.8) is 0 Å². The summed E-state index contributed by atoms with van der Waals surface area (Å²) in [4.78, 5) is 8.27. The average Bonchev–Trinajstić information content (AvgIpc) is 2.48. The SMILES string of the molecule is CCCNc1ncc(F)c(-c2cc(C)c(OC)cc2C)n1. The Morgan fingerprint density at radius 2 is 2.00 bits per heavy atom. The molecular weight excluding hydrogens is 269 g/mol. The summed E-state index contributed by atoms with van der Waals surface area (Å²) in [6, 6.07) is 3.79. The molecule has 1 N–H and O–H groups in total. The zero-order valence-electron chi connectivity index (χ0n) is 12.8. The van der Waals surface area contributed by atoms with Gasteiger partial charge in [-0.05, 0) is 43.5 Å². The number of halogens is 1. The van der Waals surface area contributed by atoms with E-state index < -0.39 is 5.82 Å². The molecule has 0 spiro atoms. The van der Waals surface area contributed by atoms with Gasteiger partial charge in [-0.2, -0.15) is 0 Å². The minimum atomic E-state index is -0.426. The third-order valence-electron chi connectivity index (χ3n) is 3.27. The highest BCUT2D eigenvalue weighted by Gasteiger charge is 2.14. The van der Waals surface area contributed by atoms with Crippen molar-refractivity contribution in [3.8, 4) is 17.0 Å². The Labute approximate surface area is 124 Å². The number of aryl methyl sites for hydroxylation is 2. The Bertz CT molecular complexity index is 644. The molecule has 0 saturated carbocycles. The van der Waals surface area contributed by atoms with Crippen LogP contribution in [0.25, 0.3) is 11.3 Å². The lowest BCUT2D eigenvalue weighted by atomic mass is 10.0. The van der Waals surface area contributed by atoms with Crippen LogP contribution >= 0.6 is 0 Å². The zero-order valence-corrected chi connectivity index (χ0v) is 12.8. The molecule has 0 aliphatic carbocycles. The van der Waals surface area contributed by atoms with Crippen molar-refractivity contribution in [2.45, 2.75) is 27.2 Å². The number of aromatic nitrogens is 2. The molecular formula is C16H20FN3O. The average molecular weight is 289 g/mol. The number of nitrogens with zero attached hydrogens (tertiary/aromatic N) is 2. The van der Waals surface area contributed by atoms with Crippen LogP contribution in [-0.2, 0) is 0 Å². The fourth-order valence-electron chi connectivity index (χ4n) is 2.14. The van der Waals surface area contributed by atoms with Gasteiger partial charge in [-0.25, -0.2) is 14.4 Å². The number of hydrogen-bond donors (Lipinski definition) is 1. The third-order valence-corrected chi connectivity index (χ3v) is 3.27. The van der Waals surface area contributed by atoms with E-state index >= 15 is 0 Å². The van der Waals surface area contributed by atoms with Gasteiger partial charge in [0.15, 0.2) is 5.82 Å². The standard InChI is InChI=1S/C16H20FN3O/c1-5-6-18-16-19-9-13(17)15(20-16)12-7-11(3)14(21-4)8-10(12)2/h7-9H,5-6H2,1-4H3,(H,18,19,20). The maximum absolute atomic E-state index is 14.1. The number of ether oxygens (including phenoxy) is 1. The molecule has 1 aromatic heterocycles. The lowest BCUT2D eigenvalue weighted by Crippen LogP contribution is -2.06. The first-order chi connectivity index (χ1) is 10.1. The Morgan fingerprint density at radius 3 is 2.67 bits per heavy atom. The number of nitrogens with one attached hydrogen (secondary N) is 1. The largest absolute Gasteiger partial charge is 0.496 e. The molecule has 1 aromatic carbocycles. The van der Waals surface area contributed by atoms with Crippen molar-refractivity contribution >= 4 is 5.95 Å². The molecule has 0 unspecified atom stereocenters. The van der Waals surface area contributed by atoms with Crippen LogP contribution in [-0.4, -0.2) is 23.6 Å². The zero-order chi connectivity index (χ0) is 15.4. The van der Waals surface area contributed by atoms with E-state index in [-0.39, 0.29) is 0 Å². The second-order valence-corrected chi connectivity index (χ2v) is 4.95. The maximum Gasteiger partial charge on any atom is 0.223 e. The van der Waals surface area contributed by atoms with Crippen LogP contribution in [0.1, 0.15) is 24.5 Å². The van der Waals surface area contributed by atoms with E-state index in [2.05, 4.69) is 22.2 Å². The van der Waals surface area contributed by atoms with Gasteiger partial charge in [-0.1, -0.05) is 6.92 Å². The van der Waals surface area contributed by atoms with Crippen molar-refractivity contribution in [3.05, 3.63) is 35.3 Å². The Kier molecular flexibility index (Phi) is 4.73. The Hall–Kier alpha value is -2.17. The summed E-state index contributed by atoms with van der Waals surface area (Å²) in [6.07, 6.45) is 2.16. The fourth-order valence-corrected chi connectivity index (χ4v) is 2.14. The van der Waals surface area contributed by atoms with Gasteiger partial charge in [0.05, 0.1) is 13.3 Å². The number of methoxy groups -OCH3 is 1. The number of hydrogen-bond acceptors (Lipinski definition) is 4. The lowest BCUT2D eigenvalue weighted by molar-refractivity contribution is 0.411. The fraction of sp³-hybridized carbons (Fsp3) is 0.375. The molecule has 0 aliphatic heterocycles. The molecule has 0 saturated heterocycles. The summed E-state index contributed by atoms with van der Waals surface area (Å²) in [5, 5.41) is 3.07. The van der Waals surface area contributed by atoms with E-state index in [4.69, 9.17) is 4.74 Å². The molecule has 0 fully saturated rings. The number of anilines is 1. The van der Waals surface area contributed by atoms with Gasteiger partial charge in [0.1, 0.15) is 11.4 Å².